The number of hydrogen-bond acceptors (Lipinski definition) is 2. The van der Waals surface area contributed by atoms with Crippen LogP contribution in [0.4, 0.5) is 0 Å². The molecular weight excluding hydrogens is 160 g/mol. The summed E-state index contributed by atoms with van der Waals surface area (Å²) >= 11 is 0. The summed E-state index contributed by atoms with van der Waals surface area (Å²) in [7, 11) is 2.20. The molecule has 1 rings (SSSR count). The lowest BCUT2D eigenvalue weighted by Gasteiger charge is -2.32. The first-order valence-corrected chi connectivity index (χ1v) is 5.25. The van der Waals surface area contributed by atoms with Crippen LogP contribution in [0.5, 0.6) is 0 Å². The van der Waals surface area contributed by atoms with Gasteiger partial charge in [-0.05, 0) is 27.3 Å². The largest absolute Gasteiger partial charge is 0.304 e. The van der Waals surface area contributed by atoms with Gasteiger partial charge in [-0.3, -0.25) is 0 Å². The minimum Gasteiger partial charge on any atom is -0.304 e. The molecule has 0 amide bonds. The van der Waals surface area contributed by atoms with Crippen molar-refractivity contribution in [2.45, 2.75) is 20.3 Å². The molecule has 0 atom stereocenters. The van der Waals surface area contributed by atoms with Crippen molar-refractivity contribution in [3.05, 3.63) is 11.6 Å². The zero-order valence-corrected chi connectivity index (χ0v) is 9.21. The number of rotatable bonds is 3. The van der Waals surface area contributed by atoms with E-state index in [4.69, 9.17) is 0 Å². The summed E-state index contributed by atoms with van der Waals surface area (Å²) in [5.74, 6) is 0. The average Bonchev–Trinajstić information content (AvgIpc) is 2.16. The zero-order valence-electron chi connectivity index (χ0n) is 9.21. The van der Waals surface area contributed by atoms with Gasteiger partial charge in [0.05, 0.1) is 0 Å². The van der Waals surface area contributed by atoms with Crippen molar-refractivity contribution in [3.63, 3.8) is 0 Å². The van der Waals surface area contributed by atoms with Gasteiger partial charge >= 0.3 is 0 Å². The molecule has 2 nitrogen and oxygen atoms in total. The summed E-state index contributed by atoms with van der Waals surface area (Å²) in [6, 6.07) is 0. The van der Waals surface area contributed by atoms with Gasteiger partial charge in [-0.1, -0.05) is 11.6 Å². The highest BCUT2D eigenvalue weighted by Crippen LogP contribution is 2.04. The summed E-state index contributed by atoms with van der Waals surface area (Å²) in [6.07, 6.45) is 3.45. The number of allylic oxidation sites excluding steroid dienone is 1. The summed E-state index contributed by atoms with van der Waals surface area (Å²) in [4.78, 5) is 4.96. The van der Waals surface area contributed by atoms with Gasteiger partial charge in [0.15, 0.2) is 0 Å². The first-order chi connectivity index (χ1) is 6.22. The molecule has 0 unspecified atom stereocenters. The van der Waals surface area contributed by atoms with Crippen LogP contribution in [0.2, 0.25) is 0 Å². The van der Waals surface area contributed by atoms with Crippen LogP contribution in [0, 0.1) is 0 Å². The van der Waals surface area contributed by atoms with E-state index >= 15 is 0 Å². The molecule has 76 valence electrons. The lowest BCUT2D eigenvalue weighted by atomic mass is 10.2. The van der Waals surface area contributed by atoms with Gasteiger partial charge in [0.2, 0.25) is 0 Å². The minimum atomic E-state index is 1.23. The van der Waals surface area contributed by atoms with E-state index in [0.717, 1.165) is 0 Å². The van der Waals surface area contributed by atoms with Crippen LogP contribution in [0.15, 0.2) is 11.6 Å². The summed E-state index contributed by atoms with van der Waals surface area (Å²) in [6.45, 7) is 10.5. The fourth-order valence-corrected chi connectivity index (χ4v) is 1.55. The molecule has 1 aliphatic rings. The first kappa shape index (κ1) is 10.7. The van der Waals surface area contributed by atoms with Crippen LogP contribution < -0.4 is 0 Å². The third-order valence-corrected chi connectivity index (χ3v) is 2.91. The van der Waals surface area contributed by atoms with E-state index in [1.807, 2.05) is 0 Å². The maximum Gasteiger partial charge on any atom is 0.0110 e. The van der Waals surface area contributed by atoms with Crippen LogP contribution >= 0.6 is 0 Å². The predicted octanol–water partition coefficient (Wildman–Crippen LogP) is 1.59. The quantitative estimate of drug-likeness (QED) is 0.612. The van der Waals surface area contributed by atoms with Crippen molar-refractivity contribution in [1.29, 1.82) is 0 Å². The standard InChI is InChI=1S/C11H22N2/c1-4-11(2)5-6-13-9-7-12(3)8-10-13/h4H,5-10H2,1-3H3. The smallest absolute Gasteiger partial charge is 0.0110 e. The fraction of sp³-hybridized carbons (Fsp3) is 0.818. The lowest BCUT2D eigenvalue weighted by molar-refractivity contribution is 0.155. The van der Waals surface area contributed by atoms with Crippen molar-refractivity contribution in [3.8, 4) is 0 Å². The minimum absolute atomic E-state index is 1.23. The second kappa shape index (κ2) is 5.40. The maximum absolute atomic E-state index is 2.56. The Kier molecular flexibility index (Phi) is 4.46. The molecule has 0 aliphatic carbocycles. The molecule has 0 radical (unpaired) electrons. The lowest BCUT2D eigenvalue weighted by Crippen LogP contribution is -2.44. The van der Waals surface area contributed by atoms with Crippen LogP contribution in [0.3, 0.4) is 0 Å². The van der Waals surface area contributed by atoms with Crippen molar-refractivity contribution >= 4 is 0 Å². The molecule has 0 bridgehead atoms. The highest BCUT2D eigenvalue weighted by atomic mass is 15.2. The Hall–Kier alpha value is -0.340. The van der Waals surface area contributed by atoms with Gasteiger partial charge in [-0.25, -0.2) is 0 Å². The van der Waals surface area contributed by atoms with Gasteiger partial charge in [-0.15, -0.1) is 0 Å². The number of hydrogen-bond donors (Lipinski definition) is 0. The third-order valence-electron chi connectivity index (χ3n) is 2.91. The highest BCUT2D eigenvalue weighted by molar-refractivity contribution is 4.96. The number of nitrogens with zero attached hydrogens (tertiary/aromatic N) is 2. The molecule has 0 aromatic heterocycles. The van der Waals surface area contributed by atoms with E-state index in [-0.39, 0.29) is 0 Å². The SMILES string of the molecule is CC=C(C)CCN1CCN(C)CC1. The summed E-state index contributed by atoms with van der Waals surface area (Å²) < 4.78 is 0. The van der Waals surface area contributed by atoms with E-state index in [0.29, 0.717) is 0 Å². The Bertz CT molecular complexity index is 167. The average molecular weight is 182 g/mol. The second-order valence-corrected chi connectivity index (χ2v) is 4.03. The molecule has 2 heteroatoms. The van der Waals surface area contributed by atoms with Gasteiger partial charge < -0.3 is 9.80 Å². The Morgan fingerprint density at radius 1 is 1.23 bits per heavy atom. The topological polar surface area (TPSA) is 6.48 Å². The van der Waals surface area contributed by atoms with E-state index in [9.17, 15) is 0 Å². The molecule has 0 aromatic carbocycles. The molecule has 1 aliphatic heterocycles. The van der Waals surface area contributed by atoms with Gasteiger partial charge in [-0.2, -0.15) is 0 Å². The second-order valence-electron chi connectivity index (χ2n) is 4.03. The van der Waals surface area contributed by atoms with Gasteiger partial charge in [0.1, 0.15) is 0 Å². The maximum atomic E-state index is 2.56. The molecule has 0 N–H and O–H groups in total. The molecule has 1 fully saturated rings. The van der Waals surface area contributed by atoms with E-state index in [2.05, 4.69) is 36.8 Å². The molecule has 1 heterocycles. The van der Waals surface area contributed by atoms with E-state index in [1.165, 1.54) is 44.7 Å². The Balaban J connectivity index is 2.16. The monoisotopic (exact) mass is 182 g/mol. The van der Waals surface area contributed by atoms with Gasteiger partial charge in [0.25, 0.3) is 0 Å². The van der Waals surface area contributed by atoms with Crippen LogP contribution in [-0.2, 0) is 0 Å². The Labute approximate surface area is 82.2 Å². The Morgan fingerprint density at radius 3 is 2.38 bits per heavy atom. The summed E-state index contributed by atoms with van der Waals surface area (Å²) in [5.41, 5.74) is 1.51. The Morgan fingerprint density at radius 2 is 1.85 bits per heavy atom. The normalized spacial score (nSPS) is 22.2. The first-order valence-electron chi connectivity index (χ1n) is 5.25. The zero-order chi connectivity index (χ0) is 9.68. The molecular formula is C11H22N2. The predicted molar refractivity (Wildman–Crippen MR) is 58.0 cm³/mol. The van der Waals surface area contributed by atoms with Crippen molar-refractivity contribution in [1.82, 2.24) is 9.80 Å². The third kappa shape index (κ3) is 3.92. The van der Waals surface area contributed by atoms with Crippen LogP contribution in [0.25, 0.3) is 0 Å². The highest BCUT2D eigenvalue weighted by Gasteiger charge is 2.12. The number of likely N-dealkylation sites (N-methyl/N-ethyl adjacent to an activating group) is 1. The van der Waals surface area contributed by atoms with Crippen molar-refractivity contribution < 1.29 is 0 Å². The van der Waals surface area contributed by atoms with Crippen molar-refractivity contribution in [2.75, 3.05) is 39.8 Å². The fourth-order valence-electron chi connectivity index (χ4n) is 1.55. The molecule has 0 spiro atoms. The van der Waals surface area contributed by atoms with Crippen molar-refractivity contribution in [2.24, 2.45) is 0 Å². The molecule has 0 aromatic rings. The summed E-state index contributed by atoms with van der Waals surface area (Å²) in [5, 5.41) is 0. The van der Waals surface area contributed by atoms with Crippen LogP contribution in [0.1, 0.15) is 20.3 Å². The van der Waals surface area contributed by atoms with Crippen LogP contribution in [-0.4, -0.2) is 49.6 Å². The molecule has 0 saturated carbocycles. The number of piperazine rings is 1. The van der Waals surface area contributed by atoms with E-state index in [1.54, 1.807) is 0 Å². The van der Waals surface area contributed by atoms with E-state index < -0.39 is 0 Å². The molecule has 13 heavy (non-hydrogen) atoms. The van der Waals surface area contributed by atoms with Gasteiger partial charge in [0, 0.05) is 32.7 Å². The molecule has 1 saturated heterocycles.